The predicted molar refractivity (Wildman–Crippen MR) is 53.3 cm³/mol. The summed E-state index contributed by atoms with van der Waals surface area (Å²) in [5.41, 5.74) is 0.667. The van der Waals surface area contributed by atoms with Crippen molar-refractivity contribution in [3.05, 3.63) is 18.3 Å². The van der Waals surface area contributed by atoms with E-state index in [0.29, 0.717) is 11.6 Å². The summed E-state index contributed by atoms with van der Waals surface area (Å²) in [6.07, 6.45) is 3.26. The fourth-order valence-electron chi connectivity index (χ4n) is 0.744. The third kappa shape index (κ3) is 2.95. The highest BCUT2D eigenvalue weighted by molar-refractivity contribution is 8.13. The fraction of sp³-hybridized carbons (Fsp3) is 0.250. The zero-order valence-corrected chi connectivity index (χ0v) is 8.22. The number of hydrogen-bond acceptors (Lipinski definition) is 4. The molecule has 0 aliphatic carbocycles. The van der Waals surface area contributed by atoms with Gasteiger partial charge in [-0.2, -0.15) is 0 Å². The Kier molecular flexibility index (Phi) is 3.57. The largest absolute Gasteiger partial charge is 0.481 e. The van der Waals surface area contributed by atoms with Crippen molar-refractivity contribution in [3.8, 4) is 5.88 Å². The van der Waals surface area contributed by atoms with Crippen LogP contribution in [0.2, 0.25) is 0 Å². The van der Waals surface area contributed by atoms with Gasteiger partial charge in [-0.3, -0.25) is 4.79 Å². The SMILES string of the molecule is COc1ccc(NC(=O)SC)cn1. The molecule has 5 heteroatoms. The molecule has 0 radical (unpaired) electrons. The molecule has 0 unspecified atom stereocenters. The number of methoxy groups -OCH3 is 1. The van der Waals surface area contributed by atoms with E-state index in [0.717, 1.165) is 11.8 Å². The van der Waals surface area contributed by atoms with Gasteiger partial charge < -0.3 is 10.1 Å². The Labute approximate surface area is 80.7 Å². The van der Waals surface area contributed by atoms with E-state index in [1.54, 1.807) is 31.7 Å². The van der Waals surface area contributed by atoms with Gasteiger partial charge in [-0.05, 0) is 12.3 Å². The minimum absolute atomic E-state index is 0.105. The molecule has 4 nitrogen and oxygen atoms in total. The molecular formula is C8H10N2O2S. The van der Waals surface area contributed by atoms with Crippen LogP contribution in [0, 0.1) is 0 Å². The van der Waals surface area contributed by atoms with Crippen LogP contribution >= 0.6 is 11.8 Å². The average Bonchev–Trinajstić information content (AvgIpc) is 2.19. The number of ether oxygens (including phenoxy) is 1. The number of carbonyl (C=O) groups excluding carboxylic acids is 1. The zero-order chi connectivity index (χ0) is 9.68. The van der Waals surface area contributed by atoms with Crippen LogP contribution in [0.15, 0.2) is 18.3 Å². The first kappa shape index (κ1) is 9.85. The van der Waals surface area contributed by atoms with Gasteiger partial charge in [0.15, 0.2) is 0 Å². The second kappa shape index (κ2) is 4.71. The number of carbonyl (C=O) groups is 1. The predicted octanol–water partition coefficient (Wildman–Crippen LogP) is 1.99. The summed E-state index contributed by atoms with van der Waals surface area (Å²) < 4.78 is 4.87. The molecule has 1 aromatic heterocycles. The van der Waals surface area contributed by atoms with Crippen LogP contribution in [0.5, 0.6) is 5.88 Å². The molecule has 0 aliphatic heterocycles. The molecule has 0 saturated carbocycles. The molecule has 0 fully saturated rings. The highest BCUT2D eigenvalue weighted by Gasteiger charge is 1.99. The number of amides is 1. The topological polar surface area (TPSA) is 51.2 Å². The highest BCUT2D eigenvalue weighted by Crippen LogP contribution is 2.12. The Morgan fingerprint density at radius 2 is 2.38 bits per heavy atom. The van der Waals surface area contributed by atoms with Crippen molar-refractivity contribution in [3.63, 3.8) is 0 Å². The van der Waals surface area contributed by atoms with Crippen molar-refractivity contribution in [1.29, 1.82) is 0 Å². The smallest absolute Gasteiger partial charge is 0.283 e. The lowest BCUT2D eigenvalue weighted by molar-refractivity contribution is 0.270. The van der Waals surface area contributed by atoms with Crippen molar-refractivity contribution in [2.75, 3.05) is 18.7 Å². The van der Waals surface area contributed by atoms with Gasteiger partial charge in [-0.1, -0.05) is 11.8 Å². The van der Waals surface area contributed by atoms with Crippen molar-refractivity contribution >= 4 is 22.7 Å². The normalized spacial score (nSPS) is 9.38. The Morgan fingerprint density at radius 1 is 1.62 bits per heavy atom. The van der Waals surface area contributed by atoms with E-state index in [2.05, 4.69) is 10.3 Å². The number of rotatable bonds is 2. The first-order valence-electron chi connectivity index (χ1n) is 3.61. The first-order valence-corrected chi connectivity index (χ1v) is 4.83. The highest BCUT2D eigenvalue weighted by atomic mass is 32.2. The van der Waals surface area contributed by atoms with Crippen LogP contribution in [0.1, 0.15) is 0 Å². The summed E-state index contributed by atoms with van der Waals surface area (Å²) in [7, 11) is 1.54. The molecule has 1 rings (SSSR count). The van der Waals surface area contributed by atoms with E-state index < -0.39 is 0 Å². The lowest BCUT2D eigenvalue weighted by Crippen LogP contribution is -2.04. The number of aromatic nitrogens is 1. The molecule has 0 bridgehead atoms. The summed E-state index contributed by atoms with van der Waals surface area (Å²) in [4.78, 5) is 14.9. The Hall–Kier alpha value is -1.23. The van der Waals surface area contributed by atoms with Crippen LogP contribution in [-0.4, -0.2) is 23.6 Å². The van der Waals surface area contributed by atoms with E-state index in [-0.39, 0.29) is 5.24 Å². The van der Waals surface area contributed by atoms with Crippen LogP contribution in [0.25, 0.3) is 0 Å². The van der Waals surface area contributed by atoms with Crippen molar-refractivity contribution in [2.45, 2.75) is 0 Å². The quantitative estimate of drug-likeness (QED) is 0.789. The lowest BCUT2D eigenvalue weighted by atomic mass is 10.4. The number of anilines is 1. The molecular weight excluding hydrogens is 188 g/mol. The molecule has 13 heavy (non-hydrogen) atoms. The summed E-state index contributed by atoms with van der Waals surface area (Å²) in [6.45, 7) is 0. The second-order valence-electron chi connectivity index (χ2n) is 2.21. The van der Waals surface area contributed by atoms with Gasteiger partial charge in [0.2, 0.25) is 5.88 Å². The molecule has 0 aromatic carbocycles. The maximum Gasteiger partial charge on any atom is 0.283 e. The van der Waals surface area contributed by atoms with E-state index in [4.69, 9.17) is 4.74 Å². The third-order valence-corrected chi connectivity index (χ3v) is 1.85. The summed E-state index contributed by atoms with van der Waals surface area (Å²) in [6, 6.07) is 3.43. The van der Waals surface area contributed by atoms with Crippen LogP contribution in [0.4, 0.5) is 10.5 Å². The number of pyridine rings is 1. The second-order valence-corrected chi connectivity index (χ2v) is 2.98. The van der Waals surface area contributed by atoms with Gasteiger partial charge in [-0.25, -0.2) is 4.98 Å². The summed E-state index contributed by atoms with van der Waals surface area (Å²) in [5.74, 6) is 0.530. The van der Waals surface area contributed by atoms with Crippen molar-refractivity contribution in [2.24, 2.45) is 0 Å². The number of nitrogens with one attached hydrogen (secondary N) is 1. The summed E-state index contributed by atoms with van der Waals surface area (Å²) >= 11 is 1.12. The van der Waals surface area contributed by atoms with Crippen LogP contribution in [0.3, 0.4) is 0 Å². The standard InChI is InChI=1S/C8H10N2O2S/c1-12-7-4-3-6(5-9-7)10-8(11)13-2/h3-5H,1-2H3,(H,10,11). The van der Waals surface area contributed by atoms with Gasteiger partial charge in [0, 0.05) is 6.07 Å². The van der Waals surface area contributed by atoms with Gasteiger partial charge in [0.25, 0.3) is 5.24 Å². The maximum absolute atomic E-state index is 10.9. The summed E-state index contributed by atoms with van der Waals surface area (Å²) in [5, 5.41) is 2.54. The van der Waals surface area contributed by atoms with Gasteiger partial charge >= 0.3 is 0 Å². The molecule has 70 valence electrons. The molecule has 1 aromatic rings. The Balaban J connectivity index is 2.64. The third-order valence-electron chi connectivity index (χ3n) is 1.38. The van der Waals surface area contributed by atoms with Crippen LogP contribution in [-0.2, 0) is 0 Å². The minimum atomic E-state index is -0.105. The van der Waals surface area contributed by atoms with E-state index >= 15 is 0 Å². The molecule has 1 heterocycles. The number of thioether (sulfide) groups is 1. The maximum atomic E-state index is 10.9. The van der Waals surface area contributed by atoms with Crippen molar-refractivity contribution < 1.29 is 9.53 Å². The van der Waals surface area contributed by atoms with Gasteiger partial charge in [-0.15, -0.1) is 0 Å². The fourth-order valence-corrected chi connectivity index (χ4v) is 0.964. The Bertz CT molecular complexity index is 287. The van der Waals surface area contributed by atoms with Gasteiger partial charge in [0.05, 0.1) is 19.0 Å². The molecule has 0 saturated heterocycles. The lowest BCUT2D eigenvalue weighted by Gasteiger charge is -2.02. The van der Waals surface area contributed by atoms with Gasteiger partial charge in [0.1, 0.15) is 0 Å². The Morgan fingerprint density at radius 3 is 2.85 bits per heavy atom. The number of hydrogen-bond donors (Lipinski definition) is 1. The minimum Gasteiger partial charge on any atom is -0.481 e. The van der Waals surface area contributed by atoms with Crippen LogP contribution < -0.4 is 10.1 Å². The van der Waals surface area contributed by atoms with E-state index in [9.17, 15) is 4.79 Å². The molecule has 0 spiro atoms. The molecule has 1 amide bonds. The molecule has 0 atom stereocenters. The molecule has 1 N–H and O–H groups in total. The average molecular weight is 198 g/mol. The first-order chi connectivity index (χ1) is 6.26. The monoisotopic (exact) mass is 198 g/mol. The number of nitrogens with zero attached hydrogens (tertiary/aromatic N) is 1. The van der Waals surface area contributed by atoms with E-state index in [1.807, 2.05) is 0 Å². The van der Waals surface area contributed by atoms with Crippen molar-refractivity contribution in [1.82, 2.24) is 4.98 Å². The van der Waals surface area contributed by atoms with E-state index in [1.165, 1.54) is 0 Å². The zero-order valence-electron chi connectivity index (χ0n) is 7.40. The molecule has 0 aliphatic rings.